The number of ether oxygens (including phenoxy) is 1. The topological polar surface area (TPSA) is 67.4 Å². The molecule has 1 aromatic rings. The molecule has 7 heteroatoms. The van der Waals surface area contributed by atoms with Crippen LogP contribution in [0.5, 0.6) is 5.75 Å². The van der Waals surface area contributed by atoms with E-state index in [9.17, 15) is 9.59 Å². The molecule has 1 unspecified atom stereocenters. The van der Waals surface area contributed by atoms with Crippen LogP contribution < -0.4 is 15.4 Å². The Morgan fingerprint density at radius 2 is 2.25 bits per heavy atom. The summed E-state index contributed by atoms with van der Waals surface area (Å²) < 4.78 is 5.19. The number of rotatable bonds is 4. The minimum atomic E-state index is -0.469. The van der Waals surface area contributed by atoms with Crippen molar-refractivity contribution >= 4 is 35.0 Å². The van der Waals surface area contributed by atoms with Crippen molar-refractivity contribution in [2.24, 2.45) is 0 Å². The molecule has 0 aliphatic carbocycles. The SMILES string of the molecule is COc1c(Cl)cc(Cl)cc1CNC(=O)C1CCC(=O)N1. The van der Waals surface area contributed by atoms with E-state index in [4.69, 9.17) is 27.9 Å². The maximum atomic E-state index is 11.9. The van der Waals surface area contributed by atoms with Crippen molar-refractivity contribution in [3.05, 3.63) is 27.7 Å². The van der Waals surface area contributed by atoms with Gasteiger partial charge < -0.3 is 15.4 Å². The number of halogens is 2. The highest BCUT2D eigenvalue weighted by Crippen LogP contribution is 2.32. The molecule has 5 nitrogen and oxygen atoms in total. The van der Waals surface area contributed by atoms with Crippen LogP contribution in [0.3, 0.4) is 0 Å². The summed E-state index contributed by atoms with van der Waals surface area (Å²) in [6.07, 6.45) is 0.891. The maximum absolute atomic E-state index is 11.9. The highest BCUT2D eigenvalue weighted by atomic mass is 35.5. The lowest BCUT2D eigenvalue weighted by Crippen LogP contribution is -2.41. The molecule has 2 rings (SSSR count). The number of amides is 2. The molecular formula is C13H14Cl2N2O3. The van der Waals surface area contributed by atoms with Gasteiger partial charge in [-0.25, -0.2) is 0 Å². The Hall–Kier alpha value is -1.46. The van der Waals surface area contributed by atoms with Crippen molar-refractivity contribution in [1.82, 2.24) is 10.6 Å². The highest BCUT2D eigenvalue weighted by Gasteiger charge is 2.27. The zero-order valence-electron chi connectivity index (χ0n) is 10.8. The predicted octanol–water partition coefficient (Wildman–Crippen LogP) is 1.90. The van der Waals surface area contributed by atoms with Gasteiger partial charge in [-0.2, -0.15) is 0 Å². The van der Waals surface area contributed by atoms with E-state index in [1.54, 1.807) is 12.1 Å². The Kier molecular flexibility index (Phi) is 4.73. The predicted molar refractivity (Wildman–Crippen MR) is 76.0 cm³/mol. The average Bonchev–Trinajstić information content (AvgIpc) is 2.82. The Balaban J connectivity index is 2.03. The molecule has 0 radical (unpaired) electrons. The fourth-order valence-corrected chi connectivity index (χ4v) is 2.70. The quantitative estimate of drug-likeness (QED) is 0.891. The minimum absolute atomic E-state index is 0.103. The zero-order chi connectivity index (χ0) is 14.7. The smallest absolute Gasteiger partial charge is 0.242 e. The molecule has 0 spiro atoms. The van der Waals surface area contributed by atoms with Gasteiger partial charge in [0.1, 0.15) is 11.8 Å². The fourth-order valence-electron chi connectivity index (χ4n) is 2.09. The summed E-state index contributed by atoms with van der Waals surface area (Å²) in [6.45, 7) is 0.231. The first-order valence-electron chi connectivity index (χ1n) is 6.10. The zero-order valence-corrected chi connectivity index (χ0v) is 12.3. The molecule has 2 N–H and O–H groups in total. The van der Waals surface area contributed by atoms with Gasteiger partial charge in [0.25, 0.3) is 0 Å². The molecular weight excluding hydrogens is 303 g/mol. The van der Waals surface area contributed by atoms with Gasteiger partial charge in [0.15, 0.2) is 0 Å². The first kappa shape index (κ1) is 14.9. The van der Waals surface area contributed by atoms with Crippen LogP contribution in [0.1, 0.15) is 18.4 Å². The van der Waals surface area contributed by atoms with Gasteiger partial charge in [0.2, 0.25) is 11.8 Å². The second-order valence-corrected chi connectivity index (χ2v) is 5.30. The van der Waals surface area contributed by atoms with Crippen molar-refractivity contribution in [1.29, 1.82) is 0 Å². The van der Waals surface area contributed by atoms with Gasteiger partial charge in [-0.1, -0.05) is 23.2 Å². The van der Waals surface area contributed by atoms with Crippen molar-refractivity contribution in [3.63, 3.8) is 0 Å². The van der Waals surface area contributed by atoms with Crippen LogP contribution in [0.15, 0.2) is 12.1 Å². The van der Waals surface area contributed by atoms with Crippen LogP contribution in [-0.2, 0) is 16.1 Å². The summed E-state index contributed by atoms with van der Waals surface area (Å²) in [5.74, 6) is 0.148. The molecule has 1 heterocycles. The lowest BCUT2D eigenvalue weighted by Gasteiger charge is -2.14. The summed E-state index contributed by atoms with van der Waals surface area (Å²) >= 11 is 11.9. The summed E-state index contributed by atoms with van der Waals surface area (Å²) in [6, 6.07) is 2.78. The third-order valence-corrected chi connectivity index (χ3v) is 3.55. The minimum Gasteiger partial charge on any atom is -0.495 e. The van der Waals surface area contributed by atoms with Crippen molar-refractivity contribution in [2.75, 3.05) is 7.11 Å². The van der Waals surface area contributed by atoms with E-state index in [0.29, 0.717) is 34.2 Å². The summed E-state index contributed by atoms with van der Waals surface area (Å²) in [7, 11) is 1.50. The monoisotopic (exact) mass is 316 g/mol. The lowest BCUT2D eigenvalue weighted by molar-refractivity contribution is -0.125. The number of carbonyl (C=O) groups excluding carboxylic acids is 2. The van der Waals surface area contributed by atoms with E-state index in [0.717, 1.165) is 0 Å². The Bertz CT molecular complexity index is 549. The molecule has 0 aromatic heterocycles. The molecule has 1 aromatic carbocycles. The third kappa shape index (κ3) is 3.35. The molecule has 0 bridgehead atoms. The first-order valence-corrected chi connectivity index (χ1v) is 6.86. The molecule has 1 aliphatic rings. The number of methoxy groups -OCH3 is 1. The van der Waals surface area contributed by atoms with Crippen LogP contribution in [-0.4, -0.2) is 25.0 Å². The van der Waals surface area contributed by atoms with Crippen LogP contribution >= 0.6 is 23.2 Å². The molecule has 1 atom stereocenters. The largest absolute Gasteiger partial charge is 0.495 e. The molecule has 1 fully saturated rings. The second kappa shape index (κ2) is 6.33. The van der Waals surface area contributed by atoms with Crippen LogP contribution in [0.25, 0.3) is 0 Å². The van der Waals surface area contributed by atoms with Gasteiger partial charge in [-0.3, -0.25) is 9.59 Å². The molecule has 20 heavy (non-hydrogen) atoms. The Labute approximate surface area is 126 Å². The Morgan fingerprint density at radius 1 is 1.50 bits per heavy atom. The Morgan fingerprint density at radius 3 is 2.85 bits per heavy atom. The summed E-state index contributed by atoms with van der Waals surface area (Å²) in [5, 5.41) is 6.20. The maximum Gasteiger partial charge on any atom is 0.242 e. The van der Waals surface area contributed by atoms with E-state index in [-0.39, 0.29) is 18.4 Å². The standard InChI is InChI=1S/C13H14Cl2N2O3/c1-20-12-7(4-8(14)5-9(12)15)6-16-13(19)10-2-3-11(18)17-10/h4-5,10H,2-3,6H2,1H3,(H,16,19)(H,17,18). The van der Waals surface area contributed by atoms with Gasteiger partial charge in [0, 0.05) is 23.6 Å². The number of nitrogens with one attached hydrogen (secondary N) is 2. The summed E-state index contributed by atoms with van der Waals surface area (Å²) in [5.41, 5.74) is 0.683. The van der Waals surface area contributed by atoms with Crippen molar-refractivity contribution < 1.29 is 14.3 Å². The van der Waals surface area contributed by atoms with Crippen LogP contribution in [0.2, 0.25) is 10.0 Å². The van der Waals surface area contributed by atoms with E-state index < -0.39 is 6.04 Å². The number of hydrogen-bond acceptors (Lipinski definition) is 3. The number of hydrogen-bond donors (Lipinski definition) is 2. The van der Waals surface area contributed by atoms with Crippen LogP contribution in [0.4, 0.5) is 0 Å². The summed E-state index contributed by atoms with van der Waals surface area (Å²) in [4.78, 5) is 23.0. The van der Waals surface area contributed by atoms with Gasteiger partial charge in [-0.05, 0) is 18.6 Å². The molecule has 108 valence electrons. The first-order chi connectivity index (χ1) is 9.51. The fraction of sp³-hybridized carbons (Fsp3) is 0.385. The molecule has 2 amide bonds. The third-order valence-electron chi connectivity index (χ3n) is 3.05. The molecule has 1 aliphatic heterocycles. The second-order valence-electron chi connectivity index (χ2n) is 4.46. The number of benzene rings is 1. The molecule has 0 saturated carbocycles. The van der Waals surface area contributed by atoms with Gasteiger partial charge >= 0.3 is 0 Å². The van der Waals surface area contributed by atoms with Gasteiger partial charge in [0.05, 0.1) is 12.1 Å². The normalized spacial score (nSPS) is 17.8. The van der Waals surface area contributed by atoms with Gasteiger partial charge in [-0.15, -0.1) is 0 Å². The van der Waals surface area contributed by atoms with Crippen molar-refractivity contribution in [3.8, 4) is 5.75 Å². The number of carbonyl (C=O) groups is 2. The average molecular weight is 317 g/mol. The molecule has 1 saturated heterocycles. The lowest BCUT2D eigenvalue weighted by atomic mass is 10.1. The van der Waals surface area contributed by atoms with Crippen molar-refractivity contribution in [2.45, 2.75) is 25.4 Å². The van der Waals surface area contributed by atoms with E-state index in [2.05, 4.69) is 10.6 Å². The van der Waals surface area contributed by atoms with E-state index in [1.807, 2.05) is 0 Å². The van der Waals surface area contributed by atoms with E-state index in [1.165, 1.54) is 7.11 Å². The van der Waals surface area contributed by atoms with E-state index >= 15 is 0 Å². The highest BCUT2D eigenvalue weighted by molar-refractivity contribution is 6.35. The van der Waals surface area contributed by atoms with Crippen LogP contribution in [0, 0.1) is 0 Å².